The molecule has 3 heterocycles. The number of para-hydroxylation sites is 1. The number of anilines is 1. The first-order valence-corrected chi connectivity index (χ1v) is 11.8. The van der Waals surface area contributed by atoms with Crippen LogP contribution in [0.4, 0.5) is 10.1 Å². The summed E-state index contributed by atoms with van der Waals surface area (Å²) in [7, 11) is 0. The van der Waals surface area contributed by atoms with E-state index in [2.05, 4.69) is 10.2 Å². The highest BCUT2D eigenvalue weighted by Gasteiger charge is 2.29. The number of rotatable bonds is 5. The van der Waals surface area contributed by atoms with Crippen molar-refractivity contribution in [2.75, 3.05) is 18.4 Å². The van der Waals surface area contributed by atoms with E-state index in [1.165, 1.54) is 6.07 Å². The molecule has 3 aromatic rings. The van der Waals surface area contributed by atoms with Gasteiger partial charge in [-0.2, -0.15) is 11.3 Å². The second-order valence-electron chi connectivity index (χ2n) is 8.28. The first-order chi connectivity index (χ1) is 15.7. The van der Waals surface area contributed by atoms with Gasteiger partial charge in [0.1, 0.15) is 11.6 Å². The van der Waals surface area contributed by atoms with E-state index >= 15 is 0 Å². The number of nitrogens with one attached hydrogen (secondary N) is 1. The highest BCUT2D eigenvalue weighted by Crippen LogP contribution is 2.38. The van der Waals surface area contributed by atoms with Crippen molar-refractivity contribution in [3.8, 4) is 5.75 Å². The van der Waals surface area contributed by atoms with Crippen molar-refractivity contribution in [2.24, 2.45) is 5.92 Å². The number of amides is 1. The third-order valence-electron chi connectivity index (χ3n) is 6.03. The minimum Gasteiger partial charge on any atom is -0.460 e. The number of likely N-dealkylation sites (tertiary alicyclic amines) is 1. The molecule has 7 heteroatoms. The zero-order valence-corrected chi connectivity index (χ0v) is 18.4. The van der Waals surface area contributed by atoms with Gasteiger partial charge in [0.05, 0.1) is 6.61 Å². The number of hydrogen-bond acceptors (Lipinski definition) is 5. The van der Waals surface area contributed by atoms with Crippen LogP contribution in [-0.2, 0) is 22.7 Å². The second kappa shape index (κ2) is 9.40. The predicted octanol–water partition coefficient (Wildman–Crippen LogP) is 5.35. The van der Waals surface area contributed by atoms with Gasteiger partial charge < -0.3 is 14.8 Å². The van der Waals surface area contributed by atoms with E-state index in [-0.39, 0.29) is 17.6 Å². The number of hydrogen-bond donors (Lipinski definition) is 1. The summed E-state index contributed by atoms with van der Waals surface area (Å²) in [6.45, 7) is 2.47. The lowest BCUT2D eigenvalue weighted by Crippen LogP contribution is -2.38. The largest absolute Gasteiger partial charge is 0.460 e. The molecular formula is C25H25FN2O3S. The second-order valence-corrected chi connectivity index (χ2v) is 9.06. The van der Waals surface area contributed by atoms with Crippen molar-refractivity contribution in [3.05, 3.63) is 81.8 Å². The van der Waals surface area contributed by atoms with Gasteiger partial charge in [-0.15, -0.1) is 0 Å². The molecule has 2 aromatic carbocycles. The molecule has 32 heavy (non-hydrogen) atoms. The standard InChI is InChI=1S/C25H25FN2O3S/c26-21-12-19(23-20(13-21)15-30-25(31-23)18-8-11-32-16-18)14-28-9-6-17(7-10-28)24(29)27-22-4-2-1-3-5-22/h1-5,8,11-13,16-17,25H,6-7,9-10,14-15H2,(H,27,29)/t25-/m1/s1. The van der Waals surface area contributed by atoms with Crippen LogP contribution in [0.5, 0.6) is 5.75 Å². The number of benzene rings is 2. The topological polar surface area (TPSA) is 50.8 Å². The van der Waals surface area contributed by atoms with Gasteiger partial charge >= 0.3 is 0 Å². The fraction of sp³-hybridized carbons (Fsp3) is 0.320. The van der Waals surface area contributed by atoms with E-state index in [0.717, 1.165) is 54.1 Å². The predicted molar refractivity (Wildman–Crippen MR) is 122 cm³/mol. The summed E-state index contributed by atoms with van der Waals surface area (Å²) in [4.78, 5) is 14.9. The fourth-order valence-electron chi connectivity index (χ4n) is 4.33. The van der Waals surface area contributed by atoms with E-state index in [0.29, 0.717) is 13.2 Å². The normalized spacial score (nSPS) is 19.2. The van der Waals surface area contributed by atoms with Gasteiger partial charge in [-0.05, 0) is 61.6 Å². The smallest absolute Gasteiger partial charge is 0.227 e. The van der Waals surface area contributed by atoms with Crippen molar-refractivity contribution < 1.29 is 18.7 Å². The third kappa shape index (κ3) is 4.70. The molecule has 1 aromatic heterocycles. The molecule has 1 saturated heterocycles. The summed E-state index contributed by atoms with van der Waals surface area (Å²) >= 11 is 1.59. The Labute approximate surface area is 190 Å². The van der Waals surface area contributed by atoms with Crippen molar-refractivity contribution in [1.29, 1.82) is 0 Å². The lowest BCUT2D eigenvalue weighted by molar-refractivity contribution is -0.121. The van der Waals surface area contributed by atoms with E-state index in [4.69, 9.17) is 9.47 Å². The Balaban J connectivity index is 1.23. The molecule has 1 fully saturated rings. The van der Waals surface area contributed by atoms with Crippen LogP contribution in [0.2, 0.25) is 0 Å². The molecule has 1 N–H and O–H groups in total. The molecule has 2 aliphatic heterocycles. The van der Waals surface area contributed by atoms with Crippen molar-refractivity contribution in [2.45, 2.75) is 32.3 Å². The molecule has 2 aliphatic rings. The number of carbonyl (C=O) groups is 1. The third-order valence-corrected chi connectivity index (χ3v) is 6.73. The first kappa shape index (κ1) is 21.1. The number of ether oxygens (including phenoxy) is 2. The molecule has 5 nitrogen and oxygen atoms in total. The van der Waals surface area contributed by atoms with Crippen LogP contribution in [0.25, 0.3) is 0 Å². The minimum absolute atomic E-state index is 0.0134. The molecule has 0 aliphatic carbocycles. The summed E-state index contributed by atoms with van der Waals surface area (Å²) in [5.74, 6) is 0.494. The van der Waals surface area contributed by atoms with Crippen molar-refractivity contribution in [3.63, 3.8) is 0 Å². The van der Waals surface area contributed by atoms with Crippen LogP contribution in [0.15, 0.2) is 59.3 Å². The average Bonchev–Trinajstić information content (AvgIpc) is 3.35. The van der Waals surface area contributed by atoms with E-state index in [1.54, 1.807) is 17.4 Å². The highest BCUT2D eigenvalue weighted by atomic mass is 32.1. The molecule has 5 rings (SSSR count). The summed E-state index contributed by atoms with van der Waals surface area (Å²) in [5.41, 5.74) is 3.37. The van der Waals surface area contributed by atoms with Crippen LogP contribution >= 0.6 is 11.3 Å². The summed E-state index contributed by atoms with van der Waals surface area (Å²) in [5, 5.41) is 6.99. The Kier molecular flexibility index (Phi) is 6.21. The molecule has 1 atom stereocenters. The number of piperidine rings is 1. The average molecular weight is 453 g/mol. The molecule has 166 valence electrons. The van der Waals surface area contributed by atoms with Crippen molar-refractivity contribution in [1.82, 2.24) is 4.90 Å². The van der Waals surface area contributed by atoms with Gasteiger partial charge in [0, 0.05) is 40.2 Å². The van der Waals surface area contributed by atoms with Crippen LogP contribution < -0.4 is 10.1 Å². The molecular weight excluding hydrogens is 427 g/mol. The molecule has 0 unspecified atom stereocenters. The maximum Gasteiger partial charge on any atom is 0.227 e. The Bertz CT molecular complexity index is 1070. The Morgan fingerprint density at radius 3 is 2.72 bits per heavy atom. The zero-order valence-electron chi connectivity index (χ0n) is 17.6. The highest BCUT2D eigenvalue weighted by molar-refractivity contribution is 7.07. The number of carbonyl (C=O) groups excluding carboxylic acids is 1. The van der Waals surface area contributed by atoms with E-state index in [9.17, 15) is 9.18 Å². The quantitative estimate of drug-likeness (QED) is 0.567. The minimum atomic E-state index is -0.467. The van der Waals surface area contributed by atoms with Gasteiger partial charge in [-0.3, -0.25) is 9.69 Å². The van der Waals surface area contributed by atoms with Gasteiger partial charge in [0.25, 0.3) is 0 Å². The van der Waals surface area contributed by atoms with Crippen LogP contribution in [0, 0.1) is 11.7 Å². The number of halogens is 1. The van der Waals surface area contributed by atoms with Crippen LogP contribution in [0.3, 0.4) is 0 Å². The summed E-state index contributed by atoms with van der Waals surface area (Å²) in [6, 6.07) is 14.6. The van der Waals surface area contributed by atoms with Gasteiger partial charge in [-0.25, -0.2) is 4.39 Å². The SMILES string of the molecule is O=C(Nc1ccccc1)C1CCN(Cc2cc(F)cc3c2O[C@H](c2ccsc2)OC3)CC1. The maximum atomic E-state index is 14.3. The monoisotopic (exact) mass is 452 g/mol. The van der Waals surface area contributed by atoms with Crippen LogP contribution in [0.1, 0.15) is 35.8 Å². The van der Waals surface area contributed by atoms with Gasteiger partial charge in [0.15, 0.2) is 0 Å². The Morgan fingerprint density at radius 2 is 1.97 bits per heavy atom. The first-order valence-electron chi connectivity index (χ1n) is 10.9. The van der Waals surface area contributed by atoms with Gasteiger partial charge in [0.2, 0.25) is 12.2 Å². The Hall–Kier alpha value is -2.74. The lowest BCUT2D eigenvalue weighted by Gasteiger charge is -2.33. The van der Waals surface area contributed by atoms with Crippen LogP contribution in [-0.4, -0.2) is 23.9 Å². The van der Waals surface area contributed by atoms with E-state index < -0.39 is 6.29 Å². The number of thiophene rings is 1. The molecule has 0 saturated carbocycles. The maximum absolute atomic E-state index is 14.3. The molecule has 0 bridgehead atoms. The Morgan fingerprint density at radius 1 is 1.16 bits per heavy atom. The fourth-order valence-corrected chi connectivity index (χ4v) is 4.99. The zero-order chi connectivity index (χ0) is 21.9. The van der Waals surface area contributed by atoms with Gasteiger partial charge in [-0.1, -0.05) is 18.2 Å². The summed E-state index contributed by atoms with van der Waals surface area (Å²) in [6.07, 6.45) is 1.08. The molecule has 0 spiro atoms. The molecule has 1 amide bonds. The summed E-state index contributed by atoms with van der Waals surface area (Å²) < 4.78 is 26.2. The number of nitrogens with zero attached hydrogens (tertiary/aromatic N) is 1. The van der Waals surface area contributed by atoms with Crippen molar-refractivity contribution >= 4 is 22.9 Å². The van der Waals surface area contributed by atoms with E-state index in [1.807, 2.05) is 47.2 Å². The molecule has 0 radical (unpaired) electrons. The number of fused-ring (bicyclic) bond motifs is 1. The lowest BCUT2D eigenvalue weighted by atomic mass is 9.95.